The normalized spacial score (nSPS) is 15.2. The van der Waals surface area contributed by atoms with Crippen molar-refractivity contribution in [1.29, 1.82) is 0 Å². The van der Waals surface area contributed by atoms with Crippen molar-refractivity contribution in [1.82, 2.24) is 0 Å². The van der Waals surface area contributed by atoms with Gasteiger partial charge in [-0.1, -0.05) is 0 Å². The van der Waals surface area contributed by atoms with E-state index in [1.54, 1.807) is 24.3 Å². The first kappa shape index (κ1) is 21.0. The number of ether oxygens (including phenoxy) is 1. The number of hydrogen-bond acceptors (Lipinski definition) is 3. The van der Waals surface area contributed by atoms with Crippen molar-refractivity contribution in [3.8, 4) is 0 Å². The third kappa shape index (κ3) is 6.14. The van der Waals surface area contributed by atoms with Crippen LogP contribution >= 0.6 is 11.6 Å². The first-order valence-electron chi connectivity index (χ1n) is 8.55. The van der Waals surface area contributed by atoms with Gasteiger partial charge in [-0.2, -0.15) is 0 Å². The summed E-state index contributed by atoms with van der Waals surface area (Å²) in [5.41, 5.74) is 0.0649. The molecular weight excluding hydrogens is 415 g/mol. The number of carbonyl (C=O) groups is 1. The van der Waals surface area contributed by atoms with Crippen molar-refractivity contribution in [2.24, 2.45) is 5.92 Å². The summed E-state index contributed by atoms with van der Waals surface area (Å²) in [4.78, 5) is 12.8. The third-order valence-electron chi connectivity index (χ3n) is 3.80. The fourth-order valence-electron chi connectivity index (χ4n) is 2.60. The van der Waals surface area contributed by atoms with E-state index in [-0.39, 0.29) is 25.7 Å². The first-order valence-corrected chi connectivity index (χ1v) is 10.8. The molecule has 3 nitrogen and oxygen atoms in total. The summed E-state index contributed by atoms with van der Waals surface area (Å²) >= 11 is 5.97. The molecule has 0 aromatic heterocycles. The van der Waals surface area contributed by atoms with E-state index in [9.17, 15) is 9.90 Å². The Bertz CT molecular complexity index is 710. The summed E-state index contributed by atoms with van der Waals surface area (Å²) in [5, 5.41) is 11.5. The van der Waals surface area contributed by atoms with Crippen molar-refractivity contribution in [3.63, 3.8) is 0 Å². The number of rotatable bonds is 6. The van der Waals surface area contributed by atoms with Crippen LogP contribution < -0.4 is 4.46 Å². The SMILES string of the molecule is C[C@@H]([Se]c1ccccc1)[C@H](C(=O)OC(C)(C)C)[C@@H](O)c1ccc(Cl)cc1. The molecule has 0 unspecified atom stereocenters. The van der Waals surface area contributed by atoms with Crippen LogP contribution in [0.25, 0.3) is 0 Å². The molecule has 0 aliphatic carbocycles. The molecule has 0 fully saturated rings. The number of carbonyl (C=O) groups excluding carboxylic acids is 1. The number of hydrogen-bond donors (Lipinski definition) is 1. The van der Waals surface area contributed by atoms with Crippen LogP contribution in [0.5, 0.6) is 0 Å². The Hall–Kier alpha value is -1.32. The van der Waals surface area contributed by atoms with Crippen LogP contribution in [-0.2, 0) is 9.53 Å². The Kier molecular flexibility index (Phi) is 7.31. The number of aliphatic hydroxyl groups is 1. The minimum absolute atomic E-state index is 0.0240. The second-order valence-corrected chi connectivity index (χ2v) is 10.7. The van der Waals surface area contributed by atoms with Crippen LogP contribution in [0, 0.1) is 5.92 Å². The fraction of sp³-hybridized carbons (Fsp3) is 0.381. The van der Waals surface area contributed by atoms with E-state index in [0.717, 1.165) is 0 Å². The molecule has 0 saturated carbocycles. The van der Waals surface area contributed by atoms with Gasteiger partial charge < -0.3 is 0 Å². The van der Waals surface area contributed by atoms with Gasteiger partial charge in [0.25, 0.3) is 0 Å². The molecule has 0 aliphatic rings. The fourth-order valence-corrected chi connectivity index (χ4v) is 5.14. The summed E-state index contributed by atoms with van der Waals surface area (Å²) in [7, 11) is 0. The molecular formula is C21H25ClO3Se. The Morgan fingerprint density at radius 2 is 1.65 bits per heavy atom. The molecule has 140 valence electrons. The van der Waals surface area contributed by atoms with Crippen molar-refractivity contribution in [2.75, 3.05) is 0 Å². The molecule has 1 N–H and O–H groups in total. The van der Waals surface area contributed by atoms with Crippen LogP contribution in [0.3, 0.4) is 0 Å². The molecule has 0 amide bonds. The Labute approximate surface area is 166 Å². The van der Waals surface area contributed by atoms with Crippen molar-refractivity contribution < 1.29 is 14.6 Å². The molecule has 5 heteroatoms. The molecule has 0 spiro atoms. The topological polar surface area (TPSA) is 46.5 Å². The van der Waals surface area contributed by atoms with Crippen LogP contribution in [0.1, 0.15) is 39.4 Å². The van der Waals surface area contributed by atoms with E-state index in [0.29, 0.717) is 10.6 Å². The molecule has 0 radical (unpaired) electrons. The van der Waals surface area contributed by atoms with Gasteiger partial charge in [0.15, 0.2) is 0 Å². The van der Waals surface area contributed by atoms with E-state index in [2.05, 4.69) is 12.1 Å². The van der Waals surface area contributed by atoms with Gasteiger partial charge in [-0.15, -0.1) is 0 Å². The van der Waals surface area contributed by atoms with E-state index in [4.69, 9.17) is 16.3 Å². The van der Waals surface area contributed by atoms with Crippen LogP contribution in [-0.4, -0.2) is 31.6 Å². The van der Waals surface area contributed by atoms with Gasteiger partial charge in [-0.05, 0) is 0 Å². The molecule has 0 saturated heterocycles. The van der Waals surface area contributed by atoms with Crippen LogP contribution in [0.15, 0.2) is 54.6 Å². The Morgan fingerprint density at radius 3 is 2.19 bits per heavy atom. The molecule has 0 heterocycles. The summed E-state index contributed by atoms with van der Waals surface area (Å²) < 4.78 is 6.79. The second-order valence-electron chi connectivity index (χ2n) is 7.19. The average molecular weight is 440 g/mol. The van der Waals surface area contributed by atoms with Gasteiger partial charge in [-0.25, -0.2) is 0 Å². The summed E-state index contributed by atoms with van der Waals surface area (Å²) in [6, 6.07) is 17.0. The van der Waals surface area contributed by atoms with Crippen molar-refractivity contribution >= 4 is 37.0 Å². The summed E-state index contributed by atoms with van der Waals surface area (Å²) in [5.74, 6) is -1.01. The van der Waals surface area contributed by atoms with Crippen molar-refractivity contribution in [3.05, 3.63) is 65.2 Å². The number of benzene rings is 2. The molecule has 26 heavy (non-hydrogen) atoms. The zero-order valence-electron chi connectivity index (χ0n) is 15.5. The minimum atomic E-state index is -0.942. The van der Waals surface area contributed by atoms with Gasteiger partial charge in [0.2, 0.25) is 0 Å². The van der Waals surface area contributed by atoms with Gasteiger partial charge >= 0.3 is 167 Å². The third-order valence-corrected chi connectivity index (χ3v) is 6.59. The van der Waals surface area contributed by atoms with Gasteiger partial charge in [0.05, 0.1) is 0 Å². The maximum atomic E-state index is 12.9. The predicted molar refractivity (Wildman–Crippen MR) is 107 cm³/mol. The Balaban J connectivity index is 2.28. The van der Waals surface area contributed by atoms with Crippen LogP contribution in [0.4, 0.5) is 0 Å². The first-order chi connectivity index (χ1) is 12.2. The molecule has 2 rings (SSSR count). The Morgan fingerprint density at radius 1 is 1.08 bits per heavy atom. The zero-order valence-corrected chi connectivity index (χ0v) is 17.9. The summed E-state index contributed by atoms with van der Waals surface area (Å²) in [6.07, 6.45) is -0.942. The maximum absolute atomic E-state index is 12.9. The molecule has 3 atom stereocenters. The molecule has 0 aliphatic heterocycles. The van der Waals surface area contributed by atoms with Gasteiger partial charge in [-0.3, -0.25) is 0 Å². The van der Waals surface area contributed by atoms with Gasteiger partial charge in [0, 0.05) is 0 Å². The van der Waals surface area contributed by atoms with Gasteiger partial charge in [0.1, 0.15) is 0 Å². The van der Waals surface area contributed by atoms with E-state index in [1.807, 2.05) is 45.9 Å². The second kappa shape index (κ2) is 9.05. The monoisotopic (exact) mass is 440 g/mol. The quantitative estimate of drug-likeness (QED) is 0.543. The van der Waals surface area contributed by atoms with E-state index < -0.39 is 17.6 Å². The van der Waals surface area contributed by atoms with E-state index >= 15 is 0 Å². The number of esters is 1. The standard InChI is InChI=1S/C21H25ClO3Se/c1-14(26-17-8-6-5-7-9-17)18(20(24)25-21(2,3)4)19(23)15-10-12-16(22)13-11-15/h5-14,18-19,23H,1-4H3/t14-,18+,19+/m1/s1. The molecule has 2 aromatic carbocycles. The summed E-state index contributed by atoms with van der Waals surface area (Å²) in [6.45, 7) is 7.51. The molecule has 2 aromatic rings. The predicted octanol–water partition coefficient (Wildman–Crippen LogP) is 4.17. The van der Waals surface area contributed by atoms with Crippen LogP contribution in [0.2, 0.25) is 9.84 Å². The van der Waals surface area contributed by atoms with E-state index in [1.165, 1.54) is 4.46 Å². The number of aliphatic hydroxyl groups excluding tert-OH is 1. The molecule has 0 bridgehead atoms. The van der Waals surface area contributed by atoms with Crippen molar-refractivity contribution in [2.45, 2.75) is 44.2 Å². The average Bonchev–Trinajstić information content (AvgIpc) is 2.54. The zero-order chi connectivity index (χ0) is 19.3. The number of halogens is 1.